The molecule has 0 aliphatic heterocycles. The van der Waals surface area contributed by atoms with E-state index in [1.807, 2.05) is 11.8 Å². The van der Waals surface area contributed by atoms with E-state index in [4.69, 9.17) is 0 Å². The van der Waals surface area contributed by atoms with Crippen LogP contribution in [-0.4, -0.2) is 23.0 Å². The molecule has 1 N–H and O–H groups in total. The Labute approximate surface area is 101 Å². The second-order valence-corrected chi connectivity index (χ2v) is 6.17. The zero-order valence-electron chi connectivity index (χ0n) is 9.91. The smallest absolute Gasteiger partial charge is 0.0954 e. The average Bonchev–Trinajstić information content (AvgIpc) is 2.66. The summed E-state index contributed by atoms with van der Waals surface area (Å²) in [6, 6.07) is 0. The summed E-state index contributed by atoms with van der Waals surface area (Å²) in [5.41, 5.74) is 1.18. The maximum absolute atomic E-state index is 4.58. The van der Waals surface area contributed by atoms with Gasteiger partial charge in [0.2, 0.25) is 0 Å². The molecule has 0 amide bonds. The van der Waals surface area contributed by atoms with E-state index < -0.39 is 0 Å². The molecule has 0 spiro atoms. The van der Waals surface area contributed by atoms with E-state index in [-0.39, 0.29) is 0 Å². The van der Waals surface area contributed by atoms with Gasteiger partial charge < -0.3 is 5.32 Å². The largest absolute Gasteiger partial charge is 0.310 e. The molecule has 0 bridgehead atoms. The molecular weight excluding hydrogens is 224 g/mol. The number of hydrogen-bond acceptors (Lipinski definition) is 4. The van der Waals surface area contributed by atoms with Crippen LogP contribution in [0.1, 0.15) is 37.4 Å². The molecule has 0 radical (unpaired) electrons. The predicted molar refractivity (Wildman–Crippen MR) is 70.9 cm³/mol. The van der Waals surface area contributed by atoms with Crippen molar-refractivity contribution in [3.63, 3.8) is 0 Å². The standard InChI is InChI=1S/C11H20N2S2/c1-8(2)11-13-10(7-15-11)6-12-5-9(3)14-4/h7-9,12H,5-6H2,1-4H3. The molecule has 0 aromatic carbocycles. The Morgan fingerprint density at radius 1 is 1.47 bits per heavy atom. The summed E-state index contributed by atoms with van der Waals surface area (Å²) in [5, 5.41) is 7.50. The number of rotatable bonds is 6. The third kappa shape index (κ3) is 4.53. The van der Waals surface area contributed by atoms with Gasteiger partial charge in [0.1, 0.15) is 0 Å². The van der Waals surface area contributed by atoms with Crippen LogP contribution in [0, 0.1) is 0 Å². The summed E-state index contributed by atoms with van der Waals surface area (Å²) in [7, 11) is 0. The van der Waals surface area contributed by atoms with E-state index in [2.05, 4.69) is 42.7 Å². The van der Waals surface area contributed by atoms with Crippen molar-refractivity contribution >= 4 is 23.1 Å². The summed E-state index contributed by atoms with van der Waals surface area (Å²) < 4.78 is 0. The molecule has 1 aromatic heterocycles. The molecule has 1 atom stereocenters. The second kappa shape index (κ2) is 6.51. The zero-order chi connectivity index (χ0) is 11.3. The fourth-order valence-electron chi connectivity index (χ4n) is 1.16. The Morgan fingerprint density at radius 3 is 2.73 bits per heavy atom. The van der Waals surface area contributed by atoms with Gasteiger partial charge in [-0.15, -0.1) is 11.3 Å². The highest BCUT2D eigenvalue weighted by Crippen LogP contribution is 2.18. The molecule has 1 heterocycles. The van der Waals surface area contributed by atoms with Crippen LogP contribution in [0.4, 0.5) is 0 Å². The van der Waals surface area contributed by atoms with Crippen molar-refractivity contribution in [3.05, 3.63) is 16.1 Å². The van der Waals surface area contributed by atoms with Crippen molar-refractivity contribution in [1.82, 2.24) is 10.3 Å². The highest BCUT2D eigenvalue weighted by molar-refractivity contribution is 7.99. The highest BCUT2D eigenvalue weighted by atomic mass is 32.2. The predicted octanol–water partition coefficient (Wildman–Crippen LogP) is 3.11. The molecule has 15 heavy (non-hydrogen) atoms. The first-order chi connectivity index (χ1) is 7.13. The molecule has 0 saturated carbocycles. The topological polar surface area (TPSA) is 24.9 Å². The molecule has 0 aliphatic rings. The summed E-state index contributed by atoms with van der Waals surface area (Å²) >= 11 is 3.66. The molecule has 0 fully saturated rings. The molecule has 1 aromatic rings. The molecule has 1 unspecified atom stereocenters. The quantitative estimate of drug-likeness (QED) is 0.832. The van der Waals surface area contributed by atoms with Gasteiger partial charge in [0.05, 0.1) is 10.7 Å². The Hall–Kier alpha value is -0.0600. The summed E-state index contributed by atoms with van der Waals surface area (Å²) in [5.74, 6) is 0.550. The molecule has 0 saturated heterocycles. The fourth-order valence-corrected chi connectivity index (χ4v) is 2.28. The minimum Gasteiger partial charge on any atom is -0.310 e. The van der Waals surface area contributed by atoms with Gasteiger partial charge in [0, 0.05) is 29.6 Å². The number of nitrogens with zero attached hydrogens (tertiary/aromatic N) is 1. The van der Waals surface area contributed by atoms with Crippen LogP contribution in [0.25, 0.3) is 0 Å². The van der Waals surface area contributed by atoms with Crippen LogP contribution in [-0.2, 0) is 6.54 Å². The Balaban J connectivity index is 2.31. The average molecular weight is 244 g/mol. The first kappa shape index (κ1) is 13.0. The third-order valence-electron chi connectivity index (χ3n) is 2.20. The third-order valence-corrected chi connectivity index (χ3v) is 4.37. The Kier molecular flexibility index (Phi) is 5.64. The van der Waals surface area contributed by atoms with Crippen molar-refractivity contribution in [2.45, 2.75) is 38.5 Å². The minimum absolute atomic E-state index is 0.550. The number of hydrogen-bond donors (Lipinski definition) is 1. The maximum atomic E-state index is 4.58. The fraction of sp³-hybridized carbons (Fsp3) is 0.727. The molecule has 86 valence electrons. The lowest BCUT2D eigenvalue weighted by Gasteiger charge is -2.08. The van der Waals surface area contributed by atoms with Crippen molar-refractivity contribution in [2.24, 2.45) is 0 Å². The second-order valence-electron chi connectivity index (χ2n) is 4.01. The normalized spacial score (nSPS) is 13.4. The van der Waals surface area contributed by atoms with E-state index in [0.29, 0.717) is 11.2 Å². The zero-order valence-corrected chi connectivity index (χ0v) is 11.5. The van der Waals surface area contributed by atoms with Gasteiger partial charge in [0.15, 0.2) is 0 Å². The lowest BCUT2D eigenvalue weighted by Crippen LogP contribution is -2.22. The van der Waals surface area contributed by atoms with Crippen LogP contribution in [0.5, 0.6) is 0 Å². The molecular formula is C11H20N2S2. The number of aromatic nitrogens is 1. The Bertz CT molecular complexity index is 284. The molecule has 4 heteroatoms. The lowest BCUT2D eigenvalue weighted by molar-refractivity contribution is 0.671. The summed E-state index contributed by atoms with van der Waals surface area (Å²) in [6.07, 6.45) is 2.14. The number of thiazole rings is 1. The van der Waals surface area contributed by atoms with Crippen LogP contribution >= 0.6 is 23.1 Å². The first-order valence-electron chi connectivity index (χ1n) is 5.31. The van der Waals surface area contributed by atoms with E-state index in [0.717, 1.165) is 13.1 Å². The highest BCUT2D eigenvalue weighted by Gasteiger charge is 2.05. The van der Waals surface area contributed by atoms with Crippen molar-refractivity contribution < 1.29 is 0 Å². The lowest BCUT2D eigenvalue weighted by atomic mass is 10.2. The molecule has 0 aliphatic carbocycles. The minimum atomic E-state index is 0.550. The Morgan fingerprint density at radius 2 is 2.20 bits per heavy atom. The summed E-state index contributed by atoms with van der Waals surface area (Å²) in [4.78, 5) is 4.58. The van der Waals surface area contributed by atoms with Crippen molar-refractivity contribution in [1.29, 1.82) is 0 Å². The summed E-state index contributed by atoms with van der Waals surface area (Å²) in [6.45, 7) is 8.56. The van der Waals surface area contributed by atoms with Gasteiger partial charge in [-0.1, -0.05) is 20.8 Å². The van der Waals surface area contributed by atoms with Crippen molar-refractivity contribution in [3.8, 4) is 0 Å². The van der Waals surface area contributed by atoms with Gasteiger partial charge >= 0.3 is 0 Å². The molecule has 1 rings (SSSR count). The van der Waals surface area contributed by atoms with E-state index in [1.54, 1.807) is 11.3 Å². The first-order valence-corrected chi connectivity index (χ1v) is 7.48. The molecule has 2 nitrogen and oxygen atoms in total. The van der Waals surface area contributed by atoms with Gasteiger partial charge in [-0.2, -0.15) is 11.8 Å². The van der Waals surface area contributed by atoms with Crippen LogP contribution in [0.3, 0.4) is 0 Å². The van der Waals surface area contributed by atoms with Gasteiger partial charge in [-0.3, -0.25) is 0 Å². The van der Waals surface area contributed by atoms with Crippen LogP contribution in [0.15, 0.2) is 5.38 Å². The SMILES string of the molecule is CSC(C)CNCc1csc(C(C)C)n1. The van der Waals surface area contributed by atoms with Gasteiger partial charge in [0.25, 0.3) is 0 Å². The monoisotopic (exact) mass is 244 g/mol. The van der Waals surface area contributed by atoms with Crippen LogP contribution in [0.2, 0.25) is 0 Å². The van der Waals surface area contributed by atoms with Gasteiger partial charge in [-0.25, -0.2) is 4.98 Å². The van der Waals surface area contributed by atoms with E-state index in [1.165, 1.54) is 10.7 Å². The van der Waals surface area contributed by atoms with E-state index in [9.17, 15) is 0 Å². The van der Waals surface area contributed by atoms with Gasteiger partial charge in [-0.05, 0) is 6.26 Å². The maximum Gasteiger partial charge on any atom is 0.0954 e. The van der Waals surface area contributed by atoms with Crippen molar-refractivity contribution in [2.75, 3.05) is 12.8 Å². The van der Waals surface area contributed by atoms with E-state index >= 15 is 0 Å². The number of thioether (sulfide) groups is 1. The number of nitrogens with one attached hydrogen (secondary N) is 1. The van der Waals surface area contributed by atoms with Crippen LogP contribution < -0.4 is 5.32 Å².